The summed E-state index contributed by atoms with van der Waals surface area (Å²) in [4.78, 5) is 10.4. The fourth-order valence-electron chi connectivity index (χ4n) is 2.28. The van der Waals surface area contributed by atoms with E-state index in [9.17, 15) is 24.2 Å². The van der Waals surface area contributed by atoms with Crippen LogP contribution in [0, 0.1) is 0 Å². The summed E-state index contributed by atoms with van der Waals surface area (Å²) in [6, 6.07) is 8.32. The highest BCUT2D eigenvalue weighted by Gasteiger charge is 2.65. The van der Waals surface area contributed by atoms with E-state index in [1.165, 1.54) is 17.6 Å². The fraction of sp³-hybridized carbons (Fsp3) is 0.0667. The van der Waals surface area contributed by atoms with Crippen LogP contribution in [0.2, 0.25) is 0 Å². The lowest BCUT2D eigenvalue weighted by Gasteiger charge is -2.40. The van der Waals surface area contributed by atoms with Crippen LogP contribution < -0.4 is 5.48 Å². The highest BCUT2D eigenvalue weighted by molar-refractivity contribution is 8.45. The van der Waals surface area contributed by atoms with Crippen LogP contribution in [0.4, 0.5) is 19.4 Å². The number of carbonyl (C=O) groups is 1. The molecule has 1 aromatic heterocycles. The normalized spacial score (nSPS) is 14.2. The molecule has 0 radical (unpaired) electrons. The number of nitrogens with one attached hydrogen (secondary N) is 1. The van der Waals surface area contributed by atoms with Gasteiger partial charge >= 0.3 is 10.2 Å². The predicted molar refractivity (Wildman–Crippen MR) is 89.4 cm³/mol. The van der Waals surface area contributed by atoms with Crippen molar-refractivity contribution in [2.45, 2.75) is 11.4 Å². The molecule has 1 heterocycles. The number of rotatable bonds is 5. The summed E-state index contributed by atoms with van der Waals surface area (Å²) in [7, 11) is -9.73. The first kappa shape index (κ1) is 19.7. The third-order valence-electron chi connectivity index (χ3n) is 3.65. The van der Waals surface area contributed by atoms with E-state index in [0.29, 0.717) is 5.56 Å². The summed E-state index contributed by atoms with van der Waals surface area (Å²) in [6.07, 6.45) is 0. The molecule has 0 saturated heterocycles. The van der Waals surface area contributed by atoms with Gasteiger partial charge in [0.15, 0.2) is 0 Å². The van der Waals surface area contributed by atoms with E-state index < -0.39 is 21.0 Å². The van der Waals surface area contributed by atoms with Crippen molar-refractivity contribution >= 4 is 16.1 Å². The van der Waals surface area contributed by atoms with Gasteiger partial charge in [-0.2, -0.15) is 4.80 Å². The average Bonchev–Trinajstić information content (AvgIpc) is 3.08. The van der Waals surface area contributed by atoms with Crippen LogP contribution >= 0.6 is 10.2 Å². The van der Waals surface area contributed by atoms with Crippen LogP contribution in [0.25, 0.3) is 11.4 Å². The van der Waals surface area contributed by atoms with Crippen molar-refractivity contribution in [2.75, 3.05) is 0 Å². The Hall–Kier alpha value is -3.06. The van der Waals surface area contributed by atoms with Gasteiger partial charge in [-0.3, -0.25) is 10.0 Å². The predicted octanol–water partition coefficient (Wildman–Crippen LogP) is 4.16. The largest absolute Gasteiger partial charge is 0.310 e. The number of nitrogens with zero attached hydrogens (tertiary/aromatic N) is 4. The van der Waals surface area contributed by atoms with Crippen molar-refractivity contribution < 1.29 is 29.4 Å². The maximum absolute atomic E-state index is 12.7. The topological polar surface area (TPSA) is 92.9 Å². The molecule has 0 bridgehead atoms. The third kappa shape index (κ3) is 4.43. The smallest absolute Gasteiger partial charge is 0.288 e. The van der Waals surface area contributed by atoms with E-state index in [-0.39, 0.29) is 35.6 Å². The number of tetrazole rings is 1. The third-order valence-corrected chi connectivity index (χ3v) is 4.82. The molecule has 0 aliphatic carbocycles. The van der Waals surface area contributed by atoms with E-state index in [1.807, 2.05) is 0 Å². The van der Waals surface area contributed by atoms with Crippen molar-refractivity contribution in [1.82, 2.24) is 25.7 Å². The van der Waals surface area contributed by atoms with Gasteiger partial charge in [0.2, 0.25) is 5.82 Å². The van der Waals surface area contributed by atoms with Gasteiger partial charge in [0.25, 0.3) is 5.91 Å². The number of halogens is 5. The first-order chi connectivity index (χ1) is 12.9. The number of aromatic nitrogens is 4. The molecule has 13 heteroatoms. The van der Waals surface area contributed by atoms with Crippen LogP contribution in [0.5, 0.6) is 0 Å². The van der Waals surface area contributed by atoms with Gasteiger partial charge in [-0.1, -0.05) is 31.6 Å². The zero-order chi connectivity index (χ0) is 20.6. The summed E-state index contributed by atoms with van der Waals surface area (Å²) in [6.45, 7) is 0.136. The Balaban J connectivity index is 1.76. The Kier molecular flexibility index (Phi) is 4.20. The summed E-state index contributed by atoms with van der Waals surface area (Å²) >= 11 is 0. The summed E-state index contributed by atoms with van der Waals surface area (Å²) < 4.78 is 63.7. The molecule has 0 fully saturated rings. The second-order valence-electron chi connectivity index (χ2n) is 5.77. The molecule has 0 aliphatic heterocycles. The van der Waals surface area contributed by atoms with Crippen LogP contribution in [0.1, 0.15) is 15.9 Å². The zero-order valence-corrected chi connectivity index (χ0v) is 14.6. The minimum absolute atomic E-state index is 0.0371. The summed E-state index contributed by atoms with van der Waals surface area (Å²) in [5.41, 5.74) is 2.49. The molecule has 2 aromatic carbocycles. The van der Waals surface area contributed by atoms with Crippen molar-refractivity contribution in [1.29, 1.82) is 0 Å². The number of hydrogen-bond acceptors (Lipinski definition) is 5. The number of hydroxylamine groups is 1. The van der Waals surface area contributed by atoms with Gasteiger partial charge in [-0.25, -0.2) is 5.48 Å². The van der Waals surface area contributed by atoms with E-state index in [2.05, 4.69) is 15.4 Å². The first-order valence-corrected chi connectivity index (χ1v) is 9.46. The van der Waals surface area contributed by atoms with Gasteiger partial charge < -0.3 is 0 Å². The van der Waals surface area contributed by atoms with Crippen molar-refractivity contribution in [2.24, 2.45) is 0 Å². The quantitative estimate of drug-likeness (QED) is 0.367. The second kappa shape index (κ2) is 5.97. The molecular formula is C15H12F5N5O2S. The van der Waals surface area contributed by atoms with Crippen molar-refractivity contribution in [3.05, 3.63) is 59.7 Å². The van der Waals surface area contributed by atoms with Crippen LogP contribution in [0.15, 0.2) is 53.4 Å². The SMILES string of the molecule is O=C(NO)c1ccc(Cn2nnc(-c3ccc(S(F)(F)(F)(F)F)cc3)n2)cc1. The highest BCUT2D eigenvalue weighted by Crippen LogP contribution is 3.02. The van der Waals surface area contributed by atoms with E-state index in [1.54, 1.807) is 12.1 Å². The van der Waals surface area contributed by atoms with Crippen LogP contribution in [-0.4, -0.2) is 31.3 Å². The molecule has 150 valence electrons. The molecule has 3 aromatic rings. The molecule has 0 spiro atoms. The second-order valence-corrected chi connectivity index (χ2v) is 8.18. The lowest BCUT2D eigenvalue weighted by Crippen LogP contribution is -2.18. The summed E-state index contributed by atoms with van der Waals surface area (Å²) in [5.74, 6) is -0.715. The first-order valence-electron chi connectivity index (χ1n) is 7.51. The molecule has 0 unspecified atom stereocenters. The van der Waals surface area contributed by atoms with Gasteiger partial charge in [-0.15, -0.1) is 10.2 Å². The maximum atomic E-state index is 12.7. The Labute approximate surface area is 154 Å². The highest BCUT2D eigenvalue weighted by atomic mass is 32.5. The number of carbonyl (C=O) groups excluding carboxylic acids is 1. The van der Waals surface area contributed by atoms with Crippen molar-refractivity contribution in [3.63, 3.8) is 0 Å². The van der Waals surface area contributed by atoms with E-state index >= 15 is 0 Å². The Morgan fingerprint density at radius 3 is 2.14 bits per heavy atom. The van der Waals surface area contributed by atoms with Gasteiger partial charge in [0.05, 0.1) is 6.54 Å². The lowest BCUT2D eigenvalue weighted by atomic mass is 10.1. The standard InChI is InChI=1S/C15H12F5N5O2S/c16-28(17,18,19,20)13-7-5-11(6-8-13)14-21-24-25(22-14)9-10-1-3-12(4-2-10)15(26)23-27/h1-8,27H,9H2,(H,23,26). The molecule has 3 rings (SSSR count). The van der Waals surface area contributed by atoms with Gasteiger partial charge in [-0.05, 0) is 47.2 Å². The minimum atomic E-state index is -9.73. The summed E-state index contributed by atoms with van der Waals surface area (Å²) in [5, 5.41) is 20.0. The maximum Gasteiger partial charge on any atom is 0.310 e. The molecule has 1 amide bonds. The molecule has 28 heavy (non-hydrogen) atoms. The van der Waals surface area contributed by atoms with Crippen molar-refractivity contribution in [3.8, 4) is 11.4 Å². The average molecular weight is 421 g/mol. The zero-order valence-electron chi connectivity index (χ0n) is 13.8. The number of amides is 1. The van der Waals surface area contributed by atoms with E-state index in [0.717, 1.165) is 16.9 Å². The molecule has 7 nitrogen and oxygen atoms in total. The monoisotopic (exact) mass is 421 g/mol. The lowest BCUT2D eigenvalue weighted by molar-refractivity contribution is 0.0706. The Bertz CT molecular complexity index is 1020. The molecular weight excluding hydrogens is 409 g/mol. The number of hydrogen-bond donors (Lipinski definition) is 2. The van der Waals surface area contributed by atoms with Crippen LogP contribution in [0.3, 0.4) is 0 Å². The molecule has 0 saturated carbocycles. The minimum Gasteiger partial charge on any atom is -0.288 e. The van der Waals surface area contributed by atoms with Crippen LogP contribution in [-0.2, 0) is 6.54 Å². The fourth-order valence-corrected chi connectivity index (χ4v) is 2.93. The molecule has 0 aliphatic rings. The van der Waals surface area contributed by atoms with Gasteiger partial charge in [0.1, 0.15) is 4.90 Å². The van der Waals surface area contributed by atoms with E-state index in [4.69, 9.17) is 5.21 Å². The number of benzene rings is 2. The Morgan fingerprint density at radius 2 is 1.61 bits per heavy atom. The van der Waals surface area contributed by atoms with Gasteiger partial charge in [0, 0.05) is 11.1 Å². The Morgan fingerprint density at radius 1 is 1.00 bits per heavy atom. The molecule has 2 N–H and O–H groups in total. The molecule has 0 atom stereocenters.